The zero-order valence-electron chi connectivity index (χ0n) is 10.3. The molecule has 1 aromatic heterocycles. The summed E-state index contributed by atoms with van der Waals surface area (Å²) in [5, 5.41) is 8.74. The van der Waals surface area contributed by atoms with E-state index in [1.54, 1.807) is 17.0 Å². The lowest BCUT2D eigenvalue weighted by molar-refractivity contribution is -0.138. The predicted molar refractivity (Wildman–Crippen MR) is 65.2 cm³/mol. The second-order valence-corrected chi connectivity index (χ2v) is 4.67. The first-order valence-corrected chi connectivity index (χ1v) is 6.01. The molecule has 1 fully saturated rings. The zero-order valence-corrected chi connectivity index (χ0v) is 10.3. The fourth-order valence-electron chi connectivity index (χ4n) is 2.25. The van der Waals surface area contributed by atoms with Gasteiger partial charge in [-0.25, -0.2) is 4.98 Å². The van der Waals surface area contributed by atoms with E-state index >= 15 is 0 Å². The minimum absolute atomic E-state index is 0.0660. The number of hydrogen-bond donors (Lipinski definition) is 1. The molecule has 18 heavy (non-hydrogen) atoms. The highest BCUT2D eigenvalue weighted by atomic mass is 16.4. The molecule has 0 aliphatic carbocycles. The second kappa shape index (κ2) is 5.16. The van der Waals surface area contributed by atoms with E-state index in [4.69, 9.17) is 5.11 Å². The van der Waals surface area contributed by atoms with Crippen molar-refractivity contribution in [1.29, 1.82) is 0 Å². The average Bonchev–Trinajstić information content (AvgIpc) is 2.75. The number of carboxylic acid groups (broad SMARTS) is 1. The van der Waals surface area contributed by atoms with Gasteiger partial charge < -0.3 is 10.0 Å². The van der Waals surface area contributed by atoms with Crippen molar-refractivity contribution in [3.05, 3.63) is 29.6 Å². The Bertz CT molecular complexity index is 473. The van der Waals surface area contributed by atoms with Gasteiger partial charge in [0.05, 0.1) is 0 Å². The summed E-state index contributed by atoms with van der Waals surface area (Å²) < 4.78 is 0. The summed E-state index contributed by atoms with van der Waals surface area (Å²) in [7, 11) is 0. The third kappa shape index (κ3) is 2.85. The molecule has 1 unspecified atom stereocenters. The van der Waals surface area contributed by atoms with Crippen molar-refractivity contribution < 1.29 is 14.7 Å². The number of hydrogen-bond acceptors (Lipinski definition) is 3. The summed E-state index contributed by atoms with van der Waals surface area (Å²) in [6.07, 6.45) is 0.884. The van der Waals surface area contributed by atoms with Crippen molar-refractivity contribution in [2.75, 3.05) is 13.1 Å². The van der Waals surface area contributed by atoms with Crippen molar-refractivity contribution in [1.82, 2.24) is 9.88 Å². The van der Waals surface area contributed by atoms with E-state index in [1.807, 2.05) is 13.0 Å². The lowest BCUT2D eigenvalue weighted by Gasteiger charge is -2.15. The zero-order chi connectivity index (χ0) is 13.1. The molecule has 1 N–H and O–H groups in total. The van der Waals surface area contributed by atoms with Crippen LogP contribution >= 0.6 is 0 Å². The van der Waals surface area contributed by atoms with E-state index in [0.717, 1.165) is 12.1 Å². The Kier molecular flexibility index (Phi) is 3.60. The van der Waals surface area contributed by atoms with Crippen molar-refractivity contribution in [3.63, 3.8) is 0 Å². The fraction of sp³-hybridized carbons (Fsp3) is 0.462. The number of aromatic nitrogens is 1. The lowest BCUT2D eigenvalue weighted by atomic mass is 10.1. The molecular formula is C13H16N2O3. The molecule has 96 valence electrons. The minimum Gasteiger partial charge on any atom is -0.481 e. The van der Waals surface area contributed by atoms with Gasteiger partial charge in [-0.15, -0.1) is 0 Å². The highest BCUT2D eigenvalue weighted by Crippen LogP contribution is 2.21. The number of likely N-dealkylation sites (tertiary alicyclic amines) is 1. The lowest BCUT2D eigenvalue weighted by Crippen LogP contribution is -2.29. The Morgan fingerprint density at radius 1 is 1.50 bits per heavy atom. The average molecular weight is 248 g/mol. The van der Waals surface area contributed by atoms with Gasteiger partial charge in [-0.2, -0.15) is 0 Å². The highest BCUT2D eigenvalue weighted by molar-refractivity contribution is 5.92. The molecular weight excluding hydrogens is 232 g/mol. The van der Waals surface area contributed by atoms with Crippen LogP contribution in [0.5, 0.6) is 0 Å². The number of carboxylic acids is 1. The van der Waals surface area contributed by atoms with Crippen LogP contribution in [0.1, 0.15) is 29.0 Å². The second-order valence-electron chi connectivity index (χ2n) is 4.67. The molecule has 0 radical (unpaired) electrons. The third-order valence-electron chi connectivity index (χ3n) is 3.14. The number of aliphatic carboxylic acids is 1. The maximum Gasteiger partial charge on any atom is 0.303 e. The summed E-state index contributed by atoms with van der Waals surface area (Å²) >= 11 is 0. The molecule has 1 atom stereocenters. The van der Waals surface area contributed by atoms with Crippen LogP contribution in [0.2, 0.25) is 0 Å². The third-order valence-corrected chi connectivity index (χ3v) is 3.14. The number of pyridine rings is 1. The number of carbonyl (C=O) groups excluding carboxylic acids is 1. The van der Waals surface area contributed by atoms with E-state index in [9.17, 15) is 9.59 Å². The standard InChI is InChI=1S/C13H16N2O3/c1-9-3-2-4-11(14-9)13(18)15-6-5-10(8-15)7-12(16)17/h2-4,10H,5-8H2,1H3,(H,16,17). The summed E-state index contributed by atoms with van der Waals surface area (Å²) in [6, 6.07) is 5.34. The summed E-state index contributed by atoms with van der Waals surface area (Å²) in [5.41, 5.74) is 1.24. The molecule has 0 aromatic carbocycles. The van der Waals surface area contributed by atoms with Gasteiger partial charge in [-0.1, -0.05) is 6.07 Å². The number of carbonyl (C=O) groups is 2. The molecule has 5 heteroatoms. The number of nitrogens with zero attached hydrogens (tertiary/aromatic N) is 2. The van der Waals surface area contributed by atoms with Gasteiger partial charge in [0.15, 0.2) is 0 Å². The van der Waals surface area contributed by atoms with E-state index in [-0.39, 0.29) is 18.2 Å². The Morgan fingerprint density at radius 3 is 2.94 bits per heavy atom. The molecule has 0 bridgehead atoms. The molecule has 1 aliphatic heterocycles. The van der Waals surface area contributed by atoms with E-state index in [0.29, 0.717) is 18.8 Å². The Morgan fingerprint density at radius 2 is 2.28 bits per heavy atom. The van der Waals surface area contributed by atoms with Crippen LogP contribution < -0.4 is 0 Å². The van der Waals surface area contributed by atoms with Gasteiger partial charge in [-0.3, -0.25) is 9.59 Å². The topological polar surface area (TPSA) is 70.5 Å². The summed E-state index contributed by atoms with van der Waals surface area (Å²) in [5.74, 6) is -0.842. The van der Waals surface area contributed by atoms with Crippen LogP contribution in [-0.2, 0) is 4.79 Å². The van der Waals surface area contributed by atoms with E-state index < -0.39 is 5.97 Å². The van der Waals surface area contributed by atoms with Crippen LogP contribution in [0.4, 0.5) is 0 Å². The van der Waals surface area contributed by atoms with Crippen LogP contribution in [0, 0.1) is 12.8 Å². The predicted octanol–water partition coefficient (Wildman–Crippen LogP) is 1.33. The molecule has 1 aliphatic rings. The maximum absolute atomic E-state index is 12.1. The first kappa shape index (κ1) is 12.5. The molecule has 1 saturated heterocycles. The first-order chi connectivity index (χ1) is 8.56. The maximum atomic E-state index is 12.1. The smallest absolute Gasteiger partial charge is 0.303 e. The van der Waals surface area contributed by atoms with Gasteiger partial charge in [0, 0.05) is 25.2 Å². The monoisotopic (exact) mass is 248 g/mol. The minimum atomic E-state index is -0.803. The Balaban J connectivity index is 2.01. The van der Waals surface area contributed by atoms with Crippen molar-refractivity contribution in [2.45, 2.75) is 19.8 Å². The fourth-order valence-corrected chi connectivity index (χ4v) is 2.25. The SMILES string of the molecule is Cc1cccc(C(=O)N2CCC(CC(=O)O)C2)n1. The number of rotatable bonds is 3. The van der Waals surface area contributed by atoms with Crippen molar-refractivity contribution >= 4 is 11.9 Å². The van der Waals surface area contributed by atoms with Gasteiger partial charge >= 0.3 is 5.97 Å². The van der Waals surface area contributed by atoms with Gasteiger partial charge in [-0.05, 0) is 31.4 Å². The van der Waals surface area contributed by atoms with Crippen molar-refractivity contribution in [2.24, 2.45) is 5.92 Å². The van der Waals surface area contributed by atoms with Crippen molar-refractivity contribution in [3.8, 4) is 0 Å². The molecule has 1 amide bonds. The van der Waals surface area contributed by atoms with Gasteiger partial charge in [0.2, 0.25) is 0 Å². The largest absolute Gasteiger partial charge is 0.481 e. The van der Waals surface area contributed by atoms with Crippen LogP contribution in [0.15, 0.2) is 18.2 Å². The first-order valence-electron chi connectivity index (χ1n) is 6.01. The summed E-state index contributed by atoms with van der Waals surface area (Å²) in [4.78, 5) is 28.7. The normalized spacial score (nSPS) is 18.9. The van der Waals surface area contributed by atoms with Crippen LogP contribution in [0.25, 0.3) is 0 Å². The molecule has 5 nitrogen and oxygen atoms in total. The molecule has 1 aromatic rings. The molecule has 0 saturated carbocycles. The number of amides is 1. The highest BCUT2D eigenvalue weighted by Gasteiger charge is 2.28. The quantitative estimate of drug-likeness (QED) is 0.876. The summed E-state index contributed by atoms with van der Waals surface area (Å²) in [6.45, 7) is 2.97. The Labute approximate surface area is 105 Å². The Hall–Kier alpha value is -1.91. The number of aryl methyl sites for hydroxylation is 1. The van der Waals surface area contributed by atoms with Crippen LogP contribution in [0.3, 0.4) is 0 Å². The molecule has 0 spiro atoms. The molecule has 2 rings (SSSR count). The van der Waals surface area contributed by atoms with Gasteiger partial charge in [0.25, 0.3) is 5.91 Å². The molecule has 2 heterocycles. The van der Waals surface area contributed by atoms with E-state index in [1.165, 1.54) is 0 Å². The van der Waals surface area contributed by atoms with Crippen LogP contribution in [-0.4, -0.2) is 40.0 Å². The van der Waals surface area contributed by atoms with E-state index in [2.05, 4.69) is 4.98 Å². The van der Waals surface area contributed by atoms with Gasteiger partial charge in [0.1, 0.15) is 5.69 Å².